The van der Waals surface area contributed by atoms with E-state index in [2.05, 4.69) is 37.2 Å². The highest BCUT2D eigenvalue weighted by atomic mass is 15.4. The van der Waals surface area contributed by atoms with E-state index in [1.165, 1.54) is 19.3 Å². The van der Waals surface area contributed by atoms with E-state index in [4.69, 9.17) is 0 Å². The molecule has 1 aliphatic heterocycles. The minimum absolute atomic E-state index is 0.564. The third-order valence-corrected chi connectivity index (χ3v) is 3.49. The highest BCUT2D eigenvalue weighted by Gasteiger charge is 2.16. The van der Waals surface area contributed by atoms with E-state index in [0.717, 1.165) is 32.0 Å². The smallest absolute Gasteiger partial charge is 0.257 e. The van der Waals surface area contributed by atoms with Crippen LogP contribution >= 0.6 is 0 Å². The van der Waals surface area contributed by atoms with Crippen molar-refractivity contribution in [2.75, 3.05) is 29.9 Å². The third kappa shape index (κ3) is 3.29. The van der Waals surface area contributed by atoms with Crippen LogP contribution in [0.3, 0.4) is 0 Å². The highest BCUT2D eigenvalue weighted by Crippen LogP contribution is 2.18. The second-order valence-electron chi connectivity index (χ2n) is 5.18. The second kappa shape index (κ2) is 6.51. The molecule has 0 amide bonds. The quantitative estimate of drug-likeness (QED) is 0.905. The normalized spacial score (nSPS) is 15.2. The van der Waals surface area contributed by atoms with Crippen LogP contribution in [0, 0.1) is 0 Å². The maximum atomic E-state index is 4.57. The SMILES string of the molecule is CCCNc1nc(N2CCCCC2)nc(-n2cccn2)n1. The fraction of sp³-hybridized carbons (Fsp3) is 0.571. The fourth-order valence-corrected chi connectivity index (χ4v) is 2.39. The molecule has 0 saturated carbocycles. The number of hydrogen-bond donors (Lipinski definition) is 1. The van der Waals surface area contributed by atoms with Crippen molar-refractivity contribution < 1.29 is 0 Å². The van der Waals surface area contributed by atoms with Gasteiger partial charge in [0.15, 0.2) is 0 Å². The molecule has 0 aromatic carbocycles. The summed E-state index contributed by atoms with van der Waals surface area (Å²) < 4.78 is 1.67. The Hall–Kier alpha value is -2.18. The van der Waals surface area contributed by atoms with Crippen LogP contribution in [0.2, 0.25) is 0 Å². The molecule has 3 rings (SSSR count). The Labute approximate surface area is 124 Å². The Morgan fingerprint density at radius 2 is 1.90 bits per heavy atom. The predicted octanol–water partition coefficient (Wildman–Crippen LogP) is 1.87. The molecule has 0 radical (unpaired) electrons. The summed E-state index contributed by atoms with van der Waals surface area (Å²) in [5.41, 5.74) is 0. The first-order chi connectivity index (χ1) is 10.4. The van der Waals surface area contributed by atoms with E-state index < -0.39 is 0 Å². The molecule has 2 aromatic rings. The summed E-state index contributed by atoms with van der Waals surface area (Å²) in [5, 5.41) is 7.46. The molecule has 3 heterocycles. The summed E-state index contributed by atoms with van der Waals surface area (Å²) in [7, 11) is 0. The van der Waals surface area contributed by atoms with Gasteiger partial charge in [0.2, 0.25) is 11.9 Å². The summed E-state index contributed by atoms with van der Waals surface area (Å²) in [5.74, 6) is 1.93. The maximum Gasteiger partial charge on any atom is 0.257 e. The molecule has 21 heavy (non-hydrogen) atoms. The molecule has 0 atom stereocenters. The Morgan fingerprint density at radius 1 is 1.10 bits per heavy atom. The lowest BCUT2D eigenvalue weighted by Gasteiger charge is -2.26. The van der Waals surface area contributed by atoms with Gasteiger partial charge in [0, 0.05) is 32.0 Å². The molecule has 1 saturated heterocycles. The molecule has 0 unspecified atom stereocenters. The number of nitrogens with zero attached hydrogens (tertiary/aromatic N) is 6. The summed E-state index contributed by atoms with van der Waals surface area (Å²) in [6, 6.07) is 1.86. The van der Waals surface area contributed by atoms with Crippen LogP contribution in [-0.2, 0) is 0 Å². The minimum atomic E-state index is 0.564. The number of nitrogens with one attached hydrogen (secondary N) is 1. The van der Waals surface area contributed by atoms with Gasteiger partial charge in [0.05, 0.1) is 0 Å². The van der Waals surface area contributed by atoms with Crippen LogP contribution in [0.1, 0.15) is 32.6 Å². The monoisotopic (exact) mass is 287 g/mol. The first-order valence-corrected chi connectivity index (χ1v) is 7.62. The van der Waals surface area contributed by atoms with Crippen molar-refractivity contribution in [2.24, 2.45) is 0 Å². The van der Waals surface area contributed by atoms with E-state index in [1.54, 1.807) is 10.9 Å². The molecular formula is C14H21N7. The van der Waals surface area contributed by atoms with Gasteiger partial charge in [-0.3, -0.25) is 0 Å². The zero-order valence-corrected chi connectivity index (χ0v) is 12.4. The standard InChI is InChI=1S/C14H21N7/c1-2-7-15-12-17-13(20-9-4-3-5-10-20)19-14(18-12)21-11-6-8-16-21/h6,8,11H,2-5,7,9-10H2,1H3,(H,15,17,18,19). The van der Waals surface area contributed by atoms with E-state index in [0.29, 0.717) is 11.9 Å². The Bertz CT molecular complexity index is 561. The number of piperidine rings is 1. The van der Waals surface area contributed by atoms with Gasteiger partial charge in [-0.05, 0) is 31.7 Å². The van der Waals surface area contributed by atoms with Crippen molar-refractivity contribution in [1.82, 2.24) is 24.7 Å². The largest absolute Gasteiger partial charge is 0.354 e. The third-order valence-electron chi connectivity index (χ3n) is 3.49. The molecule has 7 heteroatoms. The highest BCUT2D eigenvalue weighted by molar-refractivity contribution is 5.40. The average Bonchev–Trinajstić information content (AvgIpc) is 3.08. The summed E-state index contributed by atoms with van der Waals surface area (Å²) in [6.45, 7) is 4.99. The van der Waals surface area contributed by atoms with Gasteiger partial charge in [-0.1, -0.05) is 6.92 Å². The first-order valence-electron chi connectivity index (χ1n) is 7.62. The van der Waals surface area contributed by atoms with E-state index in [1.807, 2.05) is 12.3 Å². The Morgan fingerprint density at radius 3 is 2.62 bits per heavy atom. The lowest BCUT2D eigenvalue weighted by molar-refractivity contribution is 0.566. The van der Waals surface area contributed by atoms with Gasteiger partial charge in [0.1, 0.15) is 0 Å². The van der Waals surface area contributed by atoms with Crippen LogP contribution in [0.4, 0.5) is 11.9 Å². The molecule has 1 fully saturated rings. The molecule has 0 bridgehead atoms. The van der Waals surface area contributed by atoms with E-state index in [-0.39, 0.29) is 0 Å². The topological polar surface area (TPSA) is 71.8 Å². The molecule has 0 spiro atoms. The summed E-state index contributed by atoms with van der Waals surface area (Å²) in [6.07, 6.45) is 8.28. The minimum Gasteiger partial charge on any atom is -0.354 e. The summed E-state index contributed by atoms with van der Waals surface area (Å²) >= 11 is 0. The molecule has 2 aromatic heterocycles. The van der Waals surface area contributed by atoms with Crippen LogP contribution < -0.4 is 10.2 Å². The van der Waals surface area contributed by atoms with E-state index in [9.17, 15) is 0 Å². The van der Waals surface area contributed by atoms with Gasteiger partial charge in [-0.25, -0.2) is 4.68 Å². The van der Waals surface area contributed by atoms with Crippen molar-refractivity contribution in [1.29, 1.82) is 0 Å². The number of aromatic nitrogens is 5. The molecule has 1 N–H and O–H groups in total. The maximum absolute atomic E-state index is 4.57. The van der Waals surface area contributed by atoms with Crippen LogP contribution in [-0.4, -0.2) is 44.4 Å². The van der Waals surface area contributed by atoms with Crippen molar-refractivity contribution >= 4 is 11.9 Å². The number of hydrogen-bond acceptors (Lipinski definition) is 6. The average molecular weight is 287 g/mol. The molecule has 112 valence electrons. The summed E-state index contributed by atoms with van der Waals surface area (Å²) in [4.78, 5) is 15.8. The zero-order chi connectivity index (χ0) is 14.5. The van der Waals surface area contributed by atoms with Crippen molar-refractivity contribution in [3.05, 3.63) is 18.5 Å². The molecule has 0 aliphatic carbocycles. The van der Waals surface area contributed by atoms with Gasteiger partial charge in [-0.2, -0.15) is 20.1 Å². The number of rotatable bonds is 5. The van der Waals surface area contributed by atoms with Crippen LogP contribution in [0.15, 0.2) is 18.5 Å². The van der Waals surface area contributed by atoms with E-state index >= 15 is 0 Å². The van der Waals surface area contributed by atoms with Crippen molar-refractivity contribution in [2.45, 2.75) is 32.6 Å². The molecular weight excluding hydrogens is 266 g/mol. The van der Waals surface area contributed by atoms with Crippen LogP contribution in [0.5, 0.6) is 0 Å². The lowest BCUT2D eigenvalue weighted by Crippen LogP contribution is -2.31. The Balaban J connectivity index is 1.92. The van der Waals surface area contributed by atoms with Gasteiger partial charge >= 0.3 is 0 Å². The lowest BCUT2D eigenvalue weighted by atomic mass is 10.1. The zero-order valence-electron chi connectivity index (χ0n) is 12.4. The van der Waals surface area contributed by atoms with Gasteiger partial charge < -0.3 is 10.2 Å². The molecule has 7 nitrogen and oxygen atoms in total. The first kappa shape index (κ1) is 13.8. The number of anilines is 2. The molecule has 1 aliphatic rings. The predicted molar refractivity (Wildman–Crippen MR) is 81.8 cm³/mol. The van der Waals surface area contributed by atoms with Gasteiger partial charge in [0.25, 0.3) is 5.95 Å². The Kier molecular flexibility index (Phi) is 4.28. The van der Waals surface area contributed by atoms with Crippen LogP contribution in [0.25, 0.3) is 5.95 Å². The van der Waals surface area contributed by atoms with Crippen molar-refractivity contribution in [3.8, 4) is 5.95 Å². The fourth-order valence-electron chi connectivity index (χ4n) is 2.39. The van der Waals surface area contributed by atoms with Crippen molar-refractivity contribution in [3.63, 3.8) is 0 Å². The second-order valence-corrected chi connectivity index (χ2v) is 5.18. The van der Waals surface area contributed by atoms with Gasteiger partial charge in [-0.15, -0.1) is 0 Å².